The largest absolute Gasteiger partial charge is 0.481 e. The molecule has 0 aromatic rings. The van der Waals surface area contributed by atoms with Gasteiger partial charge in [-0.25, -0.2) is 0 Å². The fourth-order valence-electron chi connectivity index (χ4n) is 8.25. The van der Waals surface area contributed by atoms with Crippen LogP contribution in [0.4, 0.5) is 0 Å². The molecule has 0 fully saturated rings. The Labute approximate surface area is 510 Å². The monoisotopic (exact) mass is 1270 g/mol. The molecule has 0 aromatic heterocycles. The molecule has 0 aliphatic heterocycles. The minimum atomic E-state index is -1.39. The normalized spacial score (nSPS) is 14.2. The molecule has 0 spiro atoms. The summed E-state index contributed by atoms with van der Waals surface area (Å²) in [5.41, 5.74) is 5.61. The van der Waals surface area contributed by atoms with E-state index in [1.807, 2.05) is 13.8 Å². The number of carboxylic acids is 4. The van der Waals surface area contributed by atoms with Crippen molar-refractivity contribution in [1.82, 2.24) is 42.5 Å². The Morgan fingerprint density at radius 3 is 0.714 bits per heavy atom. The van der Waals surface area contributed by atoms with E-state index in [0.29, 0.717) is 17.9 Å². The molecule has 0 aliphatic carbocycles. The lowest BCUT2D eigenvalue weighted by atomic mass is 9.99. The van der Waals surface area contributed by atoms with Gasteiger partial charge in [0.05, 0.1) is 23.0 Å². The highest BCUT2D eigenvalue weighted by atomic mass is 32.2. The van der Waals surface area contributed by atoms with Crippen LogP contribution in [-0.4, -0.2) is 192 Å². The van der Waals surface area contributed by atoms with Crippen molar-refractivity contribution in [2.24, 2.45) is 29.4 Å². The van der Waals surface area contributed by atoms with Crippen molar-refractivity contribution in [3.05, 3.63) is 0 Å². The summed E-state index contributed by atoms with van der Waals surface area (Å²) < 4.78 is 0. The molecule has 26 nitrogen and oxygen atoms in total. The second-order valence-corrected chi connectivity index (χ2v) is 26.4. The minimum Gasteiger partial charge on any atom is -0.481 e. The van der Waals surface area contributed by atoms with E-state index < -0.39 is 125 Å². The molecule has 0 rings (SSSR count). The van der Waals surface area contributed by atoms with Crippen molar-refractivity contribution < 1.29 is 82.8 Å². The third-order valence-corrected chi connectivity index (χ3v) is 16.1. The molecular weight excluding hydrogens is 1170 g/mol. The number of aliphatic carboxylic acids is 4. The van der Waals surface area contributed by atoms with E-state index in [4.69, 9.17) is 15.9 Å². The first-order valence-corrected chi connectivity index (χ1v) is 32.8. The van der Waals surface area contributed by atoms with Gasteiger partial charge in [-0.2, -0.15) is 47.0 Å². The lowest BCUT2D eigenvalue weighted by molar-refractivity contribution is -0.136. The molecule has 0 saturated carbocycles. The maximum absolute atomic E-state index is 14.5. The molecular formula is C54H93N9O17S4. The number of carbonyl (C=O) groups excluding carboxylic acids is 9. The summed E-state index contributed by atoms with van der Waals surface area (Å²) in [6, 6.07) is -10.1. The molecule has 30 heteroatoms. The van der Waals surface area contributed by atoms with Crippen LogP contribution in [-0.2, 0) is 62.3 Å². The van der Waals surface area contributed by atoms with Gasteiger partial charge >= 0.3 is 23.9 Å². The molecule has 0 radical (unpaired) electrons. The van der Waals surface area contributed by atoms with E-state index in [9.17, 15) is 72.5 Å². The average Bonchev–Trinajstić information content (AvgIpc) is 3.59. The maximum atomic E-state index is 14.5. The topological polar surface area (TPSA) is 425 Å². The Hall–Kier alpha value is -5.49. The van der Waals surface area contributed by atoms with Crippen LogP contribution in [0.15, 0.2) is 0 Å². The quantitative estimate of drug-likeness (QED) is 0.0387. The number of carboxylic acid groups (broad SMARTS) is 4. The summed E-state index contributed by atoms with van der Waals surface area (Å²) in [6.07, 6.45) is 1.33. The van der Waals surface area contributed by atoms with Crippen LogP contribution in [0, 0.1) is 23.7 Å². The Morgan fingerprint density at radius 1 is 0.321 bits per heavy atom. The number of primary amides is 1. The van der Waals surface area contributed by atoms with Gasteiger partial charge in [-0.05, 0) is 124 Å². The van der Waals surface area contributed by atoms with Crippen molar-refractivity contribution in [1.29, 1.82) is 0 Å². The van der Waals surface area contributed by atoms with Gasteiger partial charge < -0.3 is 68.7 Å². The number of nitrogens with one attached hydrogen (secondary N) is 8. The number of hydrogen-bond donors (Lipinski definition) is 13. The second kappa shape index (κ2) is 44.0. The van der Waals surface area contributed by atoms with Crippen LogP contribution < -0.4 is 48.3 Å². The van der Waals surface area contributed by atoms with Gasteiger partial charge in [-0.15, -0.1) is 0 Å². The second-order valence-electron chi connectivity index (χ2n) is 22.0. The molecule has 0 heterocycles. The molecule has 0 aromatic carbocycles. The first-order valence-electron chi connectivity index (χ1n) is 28.2. The SMILES string of the molecule is CC(=O)N[C@@H](CCCSCC(=O)O)C(=O)N[C@@H](CC(C)C)C(=O)N[C@@H](CCCSCC(=O)O)C(=O)N[C@@H](CC(C)C)C(=O)N[C@@H](CCCSCC(=O)O)C(=O)N[C@@H](CC(C)C)C(=O)N[C@@H](CCCSCC(=O)O)C(=O)N[C@@H](CC(C)C)C(N)=O. The molecule has 14 N–H and O–H groups in total. The Bertz CT molecular complexity index is 2160. The first-order chi connectivity index (χ1) is 39.3. The number of thioether (sulfide) groups is 4. The van der Waals surface area contributed by atoms with Gasteiger partial charge in [0, 0.05) is 6.92 Å². The zero-order chi connectivity index (χ0) is 64.1. The highest BCUT2D eigenvalue weighted by Gasteiger charge is 2.35. The summed E-state index contributed by atoms with van der Waals surface area (Å²) in [6.45, 7) is 15.6. The zero-order valence-corrected chi connectivity index (χ0v) is 53.1. The van der Waals surface area contributed by atoms with E-state index in [-0.39, 0.29) is 129 Å². The Kier molecular flexibility index (Phi) is 41.2. The molecule has 9 amide bonds. The van der Waals surface area contributed by atoms with E-state index in [1.165, 1.54) is 6.92 Å². The maximum Gasteiger partial charge on any atom is 0.313 e. The predicted molar refractivity (Wildman–Crippen MR) is 325 cm³/mol. The van der Waals surface area contributed by atoms with Gasteiger partial charge in [0.25, 0.3) is 0 Å². The van der Waals surface area contributed by atoms with Crippen LogP contribution in [0.1, 0.15) is 139 Å². The van der Waals surface area contributed by atoms with E-state index in [2.05, 4.69) is 42.5 Å². The van der Waals surface area contributed by atoms with Crippen molar-refractivity contribution in [3.63, 3.8) is 0 Å². The molecule has 0 unspecified atom stereocenters. The van der Waals surface area contributed by atoms with Gasteiger partial charge in [-0.3, -0.25) is 62.3 Å². The fourth-order valence-corrected chi connectivity index (χ4v) is 11.0. The van der Waals surface area contributed by atoms with Crippen molar-refractivity contribution in [3.8, 4) is 0 Å². The number of nitrogens with two attached hydrogens (primary N) is 1. The highest BCUT2D eigenvalue weighted by molar-refractivity contribution is 8.00. The molecule has 8 atom stereocenters. The van der Waals surface area contributed by atoms with Crippen LogP contribution in [0.25, 0.3) is 0 Å². The molecule has 0 saturated heterocycles. The van der Waals surface area contributed by atoms with E-state index in [0.717, 1.165) is 47.0 Å². The summed E-state index contributed by atoms with van der Waals surface area (Å²) >= 11 is 4.37. The third-order valence-electron chi connectivity index (χ3n) is 12.0. The van der Waals surface area contributed by atoms with Gasteiger partial charge in [0.1, 0.15) is 48.3 Å². The molecule has 480 valence electrons. The summed E-state index contributed by atoms with van der Waals surface area (Å²) in [5.74, 6) is -11.4. The van der Waals surface area contributed by atoms with Crippen LogP contribution >= 0.6 is 47.0 Å². The van der Waals surface area contributed by atoms with Crippen LogP contribution in [0.5, 0.6) is 0 Å². The Balaban J connectivity index is 7.11. The number of carbonyl (C=O) groups is 13. The van der Waals surface area contributed by atoms with Gasteiger partial charge in [0.15, 0.2) is 0 Å². The lowest BCUT2D eigenvalue weighted by Gasteiger charge is -2.29. The van der Waals surface area contributed by atoms with Crippen molar-refractivity contribution >= 4 is 124 Å². The first kappa shape index (κ1) is 78.5. The van der Waals surface area contributed by atoms with Crippen LogP contribution in [0.3, 0.4) is 0 Å². The number of hydrogen-bond acceptors (Lipinski definition) is 17. The highest BCUT2D eigenvalue weighted by Crippen LogP contribution is 2.16. The van der Waals surface area contributed by atoms with Gasteiger partial charge in [-0.1, -0.05) is 55.4 Å². The minimum absolute atomic E-state index is 0.00527. The summed E-state index contributed by atoms with van der Waals surface area (Å²) in [5, 5.41) is 58.0. The van der Waals surface area contributed by atoms with Gasteiger partial charge in [0.2, 0.25) is 53.2 Å². The molecule has 0 aliphatic rings. The van der Waals surface area contributed by atoms with Crippen molar-refractivity contribution in [2.75, 3.05) is 46.0 Å². The molecule has 84 heavy (non-hydrogen) atoms. The zero-order valence-electron chi connectivity index (χ0n) is 49.9. The predicted octanol–water partition coefficient (Wildman–Crippen LogP) is 1.95. The summed E-state index contributed by atoms with van der Waals surface area (Å²) in [4.78, 5) is 169. The van der Waals surface area contributed by atoms with E-state index >= 15 is 0 Å². The van der Waals surface area contributed by atoms with Crippen LogP contribution in [0.2, 0.25) is 0 Å². The lowest BCUT2D eigenvalue weighted by Crippen LogP contribution is -2.60. The number of amides is 9. The van der Waals surface area contributed by atoms with E-state index in [1.54, 1.807) is 41.5 Å². The average molecular weight is 1270 g/mol. The summed E-state index contributed by atoms with van der Waals surface area (Å²) in [7, 11) is 0. The standard InChI is InChI=1S/C54H93N9O17S4/c1-30(2)22-39(47(55)73)60-49(75)36(15-11-19-82-27-44(67)68)57-53(79)41(24-32(5)6)62-51(77)38(17-13-21-84-29-46(71)72)59-54(80)42(25-33(7)8)63-50(76)37(16-12-20-83-28-45(69)70)58-52(78)40(23-31(3)4)61-48(74)35(56-34(9)64)14-10-18-81-26-43(65)66/h30-33,35-42H,10-29H2,1-9H3,(H2,55,73)(H,56,64)(H,57,79)(H,58,78)(H,59,80)(H,60,75)(H,61,74)(H,62,77)(H,63,76)(H,65,66)(H,67,68)(H,69,70)(H,71,72)/t35-,36-,37-,38-,39-,40-,41-,42-/m0/s1. The smallest absolute Gasteiger partial charge is 0.313 e. The number of rotatable bonds is 48. The molecule has 0 bridgehead atoms. The van der Waals surface area contributed by atoms with Crippen molar-refractivity contribution in [2.45, 2.75) is 188 Å². The fraction of sp³-hybridized carbons (Fsp3) is 0.759. The third kappa shape index (κ3) is 38.5. The Morgan fingerprint density at radius 2 is 0.512 bits per heavy atom.